The van der Waals surface area contributed by atoms with Crippen LogP contribution in [0.15, 0.2) is 6.33 Å². The molecule has 0 atom stereocenters. The first kappa shape index (κ1) is 15.0. The second kappa shape index (κ2) is 6.43. The lowest BCUT2D eigenvalue weighted by Crippen LogP contribution is -2.31. The maximum atomic E-state index is 12.2. The van der Waals surface area contributed by atoms with Crippen molar-refractivity contribution >= 4 is 23.3 Å². The number of hydrogen-bond acceptors (Lipinski definition) is 5. The second-order valence-corrected chi connectivity index (χ2v) is 6.56. The van der Waals surface area contributed by atoms with Gasteiger partial charge in [-0.25, -0.2) is 14.8 Å². The predicted molar refractivity (Wildman–Crippen MR) is 84.9 cm³/mol. The van der Waals surface area contributed by atoms with Crippen LogP contribution < -0.4 is 5.32 Å². The topological polar surface area (TPSA) is 75.9 Å². The molecule has 0 bridgehead atoms. The molecule has 1 N–H and O–H groups in total. The highest BCUT2D eigenvalue weighted by molar-refractivity contribution is 7.11. The van der Waals surface area contributed by atoms with Crippen LogP contribution in [0.4, 0.5) is 10.7 Å². The van der Waals surface area contributed by atoms with Crippen molar-refractivity contribution < 1.29 is 4.79 Å². The van der Waals surface area contributed by atoms with Crippen LogP contribution in [-0.4, -0.2) is 37.7 Å². The Labute approximate surface area is 133 Å². The molecule has 22 heavy (non-hydrogen) atoms. The maximum Gasteiger partial charge on any atom is 0.324 e. The van der Waals surface area contributed by atoms with Gasteiger partial charge in [0.1, 0.15) is 11.3 Å². The Morgan fingerprint density at radius 2 is 2.27 bits per heavy atom. The van der Waals surface area contributed by atoms with Crippen molar-refractivity contribution in [2.45, 2.75) is 45.7 Å². The molecular formula is C14H20N6OS. The average Bonchev–Trinajstić information content (AvgIpc) is 3.12. The number of fused-ring (bicyclic) bond motifs is 1. The van der Waals surface area contributed by atoms with Crippen LogP contribution in [0.1, 0.15) is 35.3 Å². The number of nitrogens with zero attached hydrogens (tertiary/aromatic N) is 5. The Bertz CT molecular complexity index is 641. The van der Waals surface area contributed by atoms with Crippen molar-refractivity contribution in [2.75, 3.05) is 12.4 Å². The van der Waals surface area contributed by atoms with E-state index in [4.69, 9.17) is 0 Å². The summed E-state index contributed by atoms with van der Waals surface area (Å²) in [5.41, 5.74) is 1.23. The fourth-order valence-corrected chi connectivity index (χ4v) is 3.65. The molecule has 0 fully saturated rings. The van der Waals surface area contributed by atoms with Crippen LogP contribution in [0.25, 0.3) is 0 Å². The van der Waals surface area contributed by atoms with Gasteiger partial charge in [-0.15, -0.1) is 16.4 Å². The highest BCUT2D eigenvalue weighted by atomic mass is 32.1. The third-order valence-corrected chi connectivity index (χ3v) is 4.83. The smallest absolute Gasteiger partial charge is 0.321 e. The lowest BCUT2D eigenvalue weighted by molar-refractivity contribution is 0.220. The summed E-state index contributed by atoms with van der Waals surface area (Å²) in [6.45, 7) is 3.21. The normalized spacial score (nSPS) is 13.7. The van der Waals surface area contributed by atoms with Crippen LogP contribution in [0.5, 0.6) is 0 Å². The van der Waals surface area contributed by atoms with Gasteiger partial charge in [-0.2, -0.15) is 0 Å². The van der Waals surface area contributed by atoms with Crippen LogP contribution in [0.2, 0.25) is 0 Å². The van der Waals surface area contributed by atoms with E-state index in [-0.39, 0.29) is 6.03 Å². The van der Waals surface area contributed by atoms with Gasteiger partial charge in [0.15, 0.2) is 0 Å². The molecule has 118 valence electrons. The van der Waals surface area contributed by atoms with Gasteiger partial charge in [-0.3, -0.25) is 10.00 Å². The van der Waals surface area contributed by atoms with E-state index in [0.29, 0.717) is 12.5 Å². The van der Waals surface area contributed by atoms with E-state index in [1.165, 1.54) is 23.4 Å². The van der Waals surface area contributed by atoms with E-state index in [2.05, 4.69) is 20.4 Å². The molecule has 0 aliphatic heterocycles. The molecular weight excluding hydrogens is 300 g/mol. The maximum absolute atomic E-state index is 12.2. The fourth-order valence-electron chi connectivity index (χ4n) is 2.44. The quantitative estimate of drug-likeness (QED) is 0.938. The van der Waals surface area contributed by atoms with E-state index in [1.54, 1.807) is 34.3 Å². The summed E-state index contributed by atoms with van der Waals surface area (Å²) in [5, 5.41) is 7.84. The molecule has 7 nitrogen and oxygen atoms in total. The molecule has 2 aromatic rings. The molecule has 0 unspecified atom stereocenters. The Morgan fingerprint density at radius 1 is 1.45 bits per heavy atom. The second-order valence-electron chi connectivity index (χ2n) is 5.39. The summed E-state index contributed by atoms with van der Waals surface area (Å²) < 4.78 is 1.67. The monoisotopic (exact) mass is 320 g/mol. The van der Waals surface area contributed by atoms with Gasteiger partial charge >= 0.3 is 6.03 Å². The molecule has 2 amide bonds. The van der Waals surface area contributed by atoms with E-state index in [0.717, 1.165) is 24.4 Å². The molecule has 0 saturated carbocycles. The Balaban J connectivity index is 1.59. The molecule has 1 aliphatic carbocycles. The number of amides is 2. The van der Waals surface area contributed by atoms with Crippen molar-refractivity contribution in [1.29, 1.82) is 0 Å². The molecule has 0 radical (unpaired) electrons. The van der Waals surface area contributed by atoms with Gasteiger partial charge in [-0.05, 0) is 32.6 Å². The van der Waals surface area contributed by atoms with E-state index < -0.39 is 0 Å². The Kier molecular flexibility index (Phi) is 4.37. The van der Waals surface area contributed by atoms with Crippen molar-refractivity contribution in [3.05, 3.63) is 21.9 Å². The van der Waals surface area contributed by atoms with Crippen LogP contribution in [0, 0.1) is 0 Å². The summed E-state index contributed by atoms with van der Waals surface area (Å²) in [7, 11) is 1.76. The molecule has 2 aromatic heterocycles. The lowest BCUT2D eigenvalue weighted by Gasteiger charge is -2.14. The third-order valence-electron chi connectivity index (χ3n) is 3.69. The highest BCUT2D eigenvalue weighted by Gasteiger charge is 2.18. The molecule has 1 aliphatic rings. The number of carbonyl (C=O) groups is 1. The Morgan fingerprint density at radius 3 is 3.00 bits per heavy atom. The first-order valence-electron chi connectivity index (χ1n) is 7.54. The standard InChI is InChI=1S/C14H20N6OS/c1-3-20-9-15-13(18-20)17-14(21)19(2)8-12-16-10-6-4-5-7-11(10)22-12/h9H,3-8H2,1-2H3,(H,17,18,21). The molecule has 0 saturated heterocycles. The average molecular weight is 320 g/mol. The molecule has 3 rings (SSSR count). The van der Waals surface area contributed by atoms with Crippen LogP contribution >= 0.6 is 11.3 Å². The van der Waals surface area contributed by atoms with E-state index >= 15 is 0 Å². The van der Waals surface area contributed by atoms with Gasteiger partial charge in [0.2, 0.25) is 5.95 Å². The van der Waals surface area contributed by atoms with E-state index in [1.807, 2.05) is 6.92 Å². The van der Waals surface area contributed by atoms with E-state index in [9.17, 15) is 4.79 Å². The minimum atomic E-state index is -0.220. The number of urea groups is 1. The number of aromatic nitrogens is 4. The summed E-state index contributed by atoms with van der Waals surface area (Å²) in [6.07, 6.45) is 6.26. The fraction of sp³-hybridized carbons (Fsp3) is 0.571. The first-order chi connectivity index (χ1) is 10.7. The van der Waals surface area contributed by atoms with Crippen LogP contribution in [0.3, 0.4) is 0 Å². The van der Waals surface area contributed by atoms with Gasteiger partial charge in [0, 0.05) is 18.5 Å². The van der Waals surface area contributed by atoms with Gasteiger partial charge < -0.3 is 4.90 Å². The first-order valence-corrected chi connectivity index (χ1v) is 8.36. The van der Waals surface area contributed by atoms with Gasteiger partial charge in [0.05, 0.1) is 12.2 Å². The summed E-state index contributed by atoms with van der Waals surface area (Å²) in [6, 6.07) is -0.220. The van der Waals surface area contributed by atoms with Crippen molar-refractivity contribution in [2.24, 2.45) is 0 Å². The SMILES string of the molecule is CCn1cnc(NC(=O)N(C)Cc2nc3c(s2)CCCC3)n1. The predicted octanol–water partition coefficient (Wildman–Crippen LogP) is 2.30. The molecule has 0 spiro atoms. The van der Waals surface area contributed by atoms with Crippen molar-refractivity contribution in [3.8, 4) is 0 Å². The zero-order chi connectivity index (χ0) is 15.5. The highest BCUT2D eigenvalue weighted by Crippen LogP contribution is 2.27. The summed E-state index contributed by atoms with van der Waals surface area (Å²) in [5.74, 6) is 0.331. The lowest BCUT2D eigenvalue weighted by atomic mass is 10.0. The summed E-state index contributed by atoms with van der Waals surface area (Å²) in [4.78, 5) is 23.9. The number of hydrogen-bond donors (Lipinski definition) is 1. The molecule has 2 heterocycles. The molecule has 8 heteroatoms. The summed E-state index contributed by atoms with van der Waals surface area (Å²) >= 11 is 1.73. The number of carbonyl (C=O) groups excluding carboxylic acids is 1. The van der Waals surface area contributed by atoms with Crippen molar-refractivity contribution in [3.63, 3.8) is 0 Å². The largest absolute Gasteiger partial charge is 0.324 e. The van der Waals surface area contributed by atoms with Gasteiger partial charge in [-0.1, -0.05) is 0 Å². The Hall–Kier alpha value is -1.96. The van der Waals surface area contributed by atoms with Crippen LogP contribution in [-0.2, 0) is 25.9 Å². The number of anilines is 1. The van der Waals surface area contributed by atoms with Gasteiger partial charge in [0.25, 0.3) is 0 Å². The number of nitrogens with one attached hydrogen (secondary N) is 1. The minimum Gasteiger partial charge on any atom is -0.321 e. The zero-order valence-electron chi connectivity index (χ0n) is 12.9. The van der Waals surface area contributed by atoms with Crippen molar-refractivity contribution in [1.82, 2.24) is 24.6 Å². The minimum absolute atomic E-state index is 0.220. The number of aryl methyl sites for hydroxylation is 3. The number of thiazole rings is 1. The third kappa shape index (κ3) is 3.27. The zero-order valence-corrected chi connectivity index (χ0v) is 13.7. The molecule has 0 aromatic carbocycles. The number of rotatable bonds is 4.